The summed E-state index contributed by atoms with van der Waals surface area (Å²) in [5.74, 6) is 0.943. The Morgan fingerprint density at radius 1 is 0.947 bits per heavy atom. The number of nitrogens with zero attached hydrogens (tertiary/aromatic N) is 2. The number of piperidine rings is 1. The van der Waals surface area contributed by atoms with E-state index in [1.54, 1.807) is 11.1 Å². The highest BCUT2D eigenvalue weighted by Gasteiger charge is 2.18. The zero-order valence-corrected chi connectivity index (χ0v) is 12.1. The summed E-state index contributed by atoms with van der Waals surface area (Å²) in [5.41, 5.74) is 3.10. The molecule has 2 heterocycles. The summed E-state index contributed by atoms with van der Waals surface area (Å²) in [5, 5.41) is 0. The number of fused-ring (bicyclic) bond motifs is 1. The first-order chi connectivity index (χ1) is 9.31. The first kappa shape index (κ1) is 13.1. The van der Waals surface area contributed by atoms with Crippen molar-refractivity contribution in [3.63, 3.8) is 0 Å². The van der Waals surface area contributed by atoms with E-state index < -0.39 is 0 Å². The minimum absolute atomic E-state index is 0.943. The highest BCUT2D eigenvalue weighted by molar-refractivity contribution is 5.28. The molecule has 0 radical (unpaired) electrons. The molecule has 104 valence electrons. The van der Waals surface area contributed by atoms with Gasteiger partial charge in [-0.2, -0.15) is 0 Å². The van der Waals surface area contributed by atoms with Gasteiger partial charge in [0.15, 0.2) is 0 Å². The third-order valence-electron chi connectivity index (χ3n) is 4.82. The molecule has 0 bridgehead atoms. The summed E-state index contributed by atoms with van der Waals surface area (Å²) < 4.78 is 0. The molecule has 0 unspecified atom stereocenters. The molecular weight excluding hydrogens is 232 g/mol. The first-order valence-corrected chi connectivity index (χ1v) is 7.83. The van der Waals surface area contributed by atoms with Crippen molar-refractivity contribution < 1.29 is 0 Å². The van der Waals surface area contributed by atoms with Crippen molar-refractivity contribution in [3.05, 3.63) is 35.4 Å². The molecule has 1 saturated heterocycles. The van der Waals surface area contributed by atoms with Gasteiger partial charge in [0, 0.05) is 26.2 Å². The zero-order chi connectivity index (χ0) is 13.1. The largest absolute Gasteiger partial charge is 0.302 e. The van der Waals surface area contributed by atoms with Crippen molar-refractivity contribution in [1.82, 2.24) is 9.80 Å². The van der Waals surface area contributed by atoms with Crippen LogP contribution in [-0.2, 0) is 13.0 Å². The molecule has 19 heavy (non-hydrogen) atoms. The Hall–Kier alpha value is -0.860. The summed E-state index contributed by atoms with van der Waals surface area (Å²) in [4.78, 5) is 5.28. The topological polar surface area (TPSA) is 6.48 Å². The fraction of sp³-hybridized carbons (Fsp3) is 0.647. The van der Waals surface area contributed by atoms with Gasteiger partial charge in [-0.15, -0.1) is 0 Å². The van der Waals surface area contributed by atoms with Crippen LogP contribution in [0.3, 0.4) is 0 Å². The monoisotopic (exact) mass is 258 g/mol. The average molecular weight is 258 g/mol. The van der Waals surface area contributed by atoms with Crippen molar-refractivity contribution in [2.24, 2.45) is 5.92 Å². The standard InChI is InChI=1S/C17H26N2/c1-15-6-9-18(10-7-15)12-13-19-11-8-16-4-2-3-5-17(16)14-19/h2-5,15H,6-14H2,1H3. The van der Waals surface area contributed by atoms with Crippen molar-refractivity contribution in [3.8, 4) is 0 Å². The van der Waals surface area contributed by atoms with Gasteiger partial charge < -0.3 is 4.90 Å². The van der Waals surface area contributed by atoms with Crippen LogP contribution in [0.1, 0.15) is 30.9 Å². The lowest BCUT2D eigenvalue weighted by molar-refractivity contribution is 0.155. The molecule has 2 heteroatoms. The van der Waals surface area contributed by atoms with E-state index >= 15 is 0 Å². The second-order valence-corrected chi connectivity index (χ2v) is 6.32. The van der Waals surface area contributed by atoms with Crippen LogP contribution in [0, 0.1) is 5.92 Å². The van der Waals surface area contributed by atoms with Crippen molar-refractivity contribution in [2.75, 3.05) is 32.7 Å². The van der Waals surface area contributed by atoms with E-state index in [1.807, 2.05) is 0 Å². The Kier molecular flexibility index (Phi) is 4.19. The Morgan fingerprint density at radius 2 is 1.63 bits per heavy atom. The lowest BCUT2D eigenvalue weighted by atomic mass is 9.99. The predicted molar refractivity (Wildman–Crippen MR) is 80.3 cm³/mol. The normalized spacial score (nSPS) is 22.4. The number of rotatable bonds is 3. The first-order valence-electron chi connectivity index (χ1n) is 7.83. The maximum atomic E-state index is 2.65. The summed E-state index contributed by atoms with van der Waals surface area (Å²) in [7, 11) is 0. The van der Waals surface area contributed by atoms with Crippen LogP contribution in [0.5, 0.6) is 0 Å². The molecule has 0 atom stereocenters. The van der Waals surface area contributed by atoms with Crippen LogP contribution in [0.25, 0.3) is 0 Å². The number of likely N-dealkylation sites (tertiary alicyclic amines) is 1. The van der Waals surface area contributed by atoms with Crippen molar-refractivity contribution >= 4 is 0 Å². The summed E-state index contributed by atoms with van der Waals surface area (Å²) in [6, 6.07) is 8.93. The SMILES string of the molecule is CC1CCN(CCN2CCc3ccccc3C2)CC1. The quantitative estimate of drug-likeness (QED) is 0.822. The molecule has 2 aliphatic heterocycles. The molecule has 1 fully saturated rings. The van der Waals surface area contributed by atoms with Gasteiger partial charge in [-0.3, -0.25) is 4.90 Å². The second kappa shape index (κ2) is 6.06. The van der Waals surface area contributed by atoms with E-state index in [0.717, 1.165) is 12.5 Å². The Labute approximate surface area is 117 Å². The Morgan fingerprint density at radius 3 is 2.42 bits per heavy atom. The fourth-order valence-corrected chi connectivity index (χ4v) is 3.31. The summed E-state index contributed by atoms with van der Waals surface area (Å²) >= 11 is 0. The third-order valence-corrected chi connectivity index (χ3v) is 4.82. The maximum Gasteiger partial charge on any atom is 0.0237 e. The van der Waals surface area contributed by atoms with Gasteiger partial charge in [0.25, 0.3) is 0 Å². The lowest BCUT2D eigenvalue weighted by Crippen LogP contribution is -2.40. The summed E-state index contributed by atoms with van der Waals surface area (Å²) in [6.07, 6.45) is 4.01. The van der Waals surface area contributed by atoms with Crippen molar-refractivity contribution in [1.29, 1.82) is 0 Å². The molecule has 0 aliphatic carbocycles. The fourth-order valence-electron chi connectivity index (χ4n) is 3.31. The highest BCUT2D eigenvalue weighted by Crippen LogP contribution is 2.19. The highest BCUT2D eigenvalue weighted by atomic mass is 15.2. The van der Waals surface area contributed by atoms with Gasteiger partial charge in [0.1, 0.15) is 0 Å². The van der Waals surface area contributed by atoms with Gasteiger partial charge in [0.05, 0.1) is 0 Å². The van der Waals surface area contributed by atoms with Gasteiger partial charge in [-0.25, -0.2) is 0 Å². The lowest BCUT2D eigenvalue weighted by Gasteiger charge is -2.34. The van der Waals surface area contributed by atoms with E-state index in [0.29, 0.717) is 0 Å². The molecule has 0 spiro atoms. The van der Waals surface area contributed by atoms with Gasteiger partial charge in [-0.05, 0) is 49.4 Å². The van der Waals surface area contributed by atoms with E-state index in [2.05, 4.69) is 41.0 Å². The zero-order valence-electron chi connectivity index (χ0n) is 12.1. The minimum Gasteiger partial charge on any atom is -0.302 e. The van der Waals surface area contributed by atoms with Crippen LogP contribution in [0.2, 0.25) is 0 Å². The van der Waals surface area contributed by atoms with Crippen LogP contribution in [0.15, 0.2) is 24.3 Å². The van der Waals surface area contributed by atoms with Crippen LogP contribution in [0.4, 0.5) is 0 Å². The van der Waals surface area contributed by atoms with Gasteiger partial charge in [-0.1, -0.05) is 31.2 Å². The molecule has 0 amide bonds. The van der Waals surface area contributed by atoms with Crippen LogP contribution < -0.4 is 0 Å². The molecule has 2 aliphatic rings. The Balaban J connectivity index is 1.47. The van der Waals surface area contributed by atoms with E-state index in [9.17, 15) is 0 Å². The average Bonchev–Trinajstić information content (AvgIpc) is 2.46. The van der Waals surface area contributed by atoms with Crippen molar-refractivity contribution in [2.45, 2.75) is 32.7 Å². The summed E-state index contributed by atoms with van der Waals surface area (Å²) in [6.45, 7) is 9.90. The molecule has 1 aromatic carbocycles. The molecule has 0 aromatic heterocycles. The number of hydrogen-bond donors (Lipinski definition) is 0. The van der Waals surface area contributed by atoms with Crippen LogP contribution >= 0.6 is 0 Å². The molecule has 0 N–H and O–H groups in total. The number of hydrogen-bond acceptors (Lipinski definition) is 2. The third kappa shape index (κ3) is 3.37. The van der Waals surface area contributed by atoms with Gasteiger partial charge in [0.2, 0.25) is 0 Å². The van der Waals surface area contributed by atoms with E-state index in [4.69, 9.17) is 0 Å². The number of benzene rings is 1. The predicted octanol–water partition coefficient (Wildman–Crippen LogP) is 2.78. The smallest absolute Gasteiger partial charge is 0.0237 e. The molecule has 3 rings (SSSR count). The molecule has 2 nitrogen and oxygen atoms in total. The maximum absolute atomic E-state index is 2.65. The Bertz CT molecular complexity index is 407. The van der Waals surface area contributed by atoms with Crippen LogP contribution in [-0.4, -0.2) is 42.5 Å². The minimum atomic E-state index is 0.943. The molecular formula is C17H26N2. The van der Waals surface area contributed by atoms with E-state index in [-0.39, 0.29) is 0 Å². The van der Waals surface area contributed by atoms with E-state index in [1.165, 1.54) is 52.0 Å². The second-order valence-electron chi connectivity index (χ2n) is 6.32. The van der Waals surface area contributed by atoms with Gasteiger partial charge >= 0.3 is 0 Å². The molecule has 0 saturated carbocycles. The molecule has 1 aromatic rings.